The molecule has 0 aliphatic heterocycles. The molecule has 3 aromatic rings. The molecule has 31 heavy (non-hydrogen) atoms. The van der Waals surface area contributed by atoms with Crippen LogP contribution < -0.4 is 15.4 Å². The molecule has 2 amide bonds. The highest BCUT2D eigenvalue weighted by Crippen LogP contribution is 2.38. The predicted molar refractivity (Wildman–Crippen MR) is 126 cm³/mol. The van der Waals surface area contributed by atoms with Crippen molar-refractivity contribution in [3.05, 3.63) is 76.2 Å². The number of rotatable bonds is 7. The third-order valence-electron chi connectivity index (χ3n) is 5.25. The highest BCUT2D eigenvalue weighted by atomic mass is 32.1. The summed E-state index contributed by atoms with van der Waals surface area (Å²) in [5, 5.41) is 6.60. The summed E-state index contributed by atoms with van der Waals surface area (Å²) >= 11 is 1.52. The van der Waals surface area contributed by atoms with Crippen molar-refractivity contribution in [3.8, 4) is 5.75 Å². The Balaban J connectivity index is 1.56. The first kappa shape index (κ1) is 21.1. The Morgan fingerprint density at radius 1 is 0.935 bits per heavy atom. The van der Waals surface area contributed by atoms with Crippen LogP contribution in [-0.4, -0.2) is 18.4 Å². The molecule has 2 aromatic carbocycles. The van der Waals surface area contributed by atoms with Crippen LogP contribution in [0.5, 0.6) is 5.75 Å². The topological polar surface area (TPSA) is 67.4 Å². The molecule has 1 aromatic heterocycles. The van der Waals surface area contributed by atoms with E-state index >= 15 is 0 Å². The summed E-state index contributed by atoms with van der Waals surface area (Å²) in [7, 11) is 0. The van der Waals surface area contributed by atoms with E-state index in [1.807, 2.05) is 42.5 Å². The van der Waals surface area contributed by atoms with Gasteiger partial charge in [0.1, 0.15) is 10.8 Å². The molecule has 4 rings (SSSR count). The smallest absolute Gasteiger partial charge is 0.258 e. The lowest BCUT2D eigenvalue weighted by Gasteiger charge is -2.13. The van der Waals surface area contributed by atoms with Crippen LogP contribution in [0, 0.1) is 0 Å². The minimum Gasteiger partial charge on any atom is -0.494 e. The number of hydrogen-bond acceptors (Lipinski definition) is 4. The van der Waals surface area contributed by atoms with Crippen LogP contribution in [-0.2, 0) is 12.8 Å². The lowest BCUT2D eigenvalue weighted by atomic mass is 9.95. The Kier molecular flexibility index (Phi) is 6.67. The van der Waals surface area contributed by atoms with E-state index in [1.54, 1.807) is 12.1 Å². The van der Waals surface area contributed by atoms with Crippen LogP contribution in [0.4, 0.5) is 10.7 Å². The van der Waals surface area contributed by atoms with E-state index < -0.39 is 0 Å². The fourth-order valence-corrected chi connectivity index (χ4v) is 4.99. The molecule has 0 atom stereocenters. The van der Waals surface area contributed by atoms with Gasteiger partial charge in [0.15, 0.2) is 0 Å². The average Bonchev–Trinajstić information content (AvgIpc) is 3.17. The number of benzene rings is 2. The fraction of sp³-hybridized carbons (Fsp3) is 0.280. The summed E-state index contributed by atoms with van der Waals surface area (Å²) in [6.45, 7) is 2.72. The molecular formula is C25H26N2O3S. The molecule has 2 N–H and O–H groups in total. The van der Waals surface area contributed by atoms with Gasteiger partial charge in [-0.25, -0.2) is 0 Å². The molecule has 1 aliphatic carbocycles. The number of aryl methyl sites for hydroxylation is 1. The molecule has 6 heteroatoms. The molecule has 1 aliphatic rings. The van der Waals surface area contributed by atoms with Crippen LogP contribution in [0.2, 0.25) is 0 Å². The first-order chi connectivity index (χ1) is 15.2. The molecular weight excluding hydrogens is 408 g/mol. The van der Waals surface area contributed by atoms with Crippen molar-refractivity contribution in [2.24, 2.45) is 0 Å². The zero-order chi connectivity index (χ0) is 21.6. The summed E-state index contributed by atoms with van der Waals surface area (Å²) in [4.78, 5) is 27.2. The Hall–Kier alpha value is -3.12. The molecule has 0 radical (unpaired) electrons. The third-order valence-corrected chi connectivity index (χ3v) is 6.45. The number of amides is 2. The van der Waals surface area contributed by atoms with E-state index in [0.717, 1.165) is 43.4 Å². The van der Waals surface area contributed by atoms with Crippen LogP contribution >= 0.6 is 11.3 Å². The summed E-state index contributed by atoms with van der Waals surface area (Å²) in [6, 6.07) is 16.5. The van der Waals surface area contributed by atoms with E-state index in [-0.39, 0.29) is 11.8 Å². The predicted octanol–water partition coefficient (Wildman–Crippen LogP) is 5.92. The van der Waals surface area contributed by atoms with E-state index in [2.05, 4.69) is 17.6 Å². The Bertz CT molecular complexity index is 1060. The van der Waals surface area contributed by atoms with Gasteiger partial charge >= 0.3 is 0 Å². The monoisotopic (exact) mass is 434 g/mol. The first-order valence-corrected chi connectivity index (χ1v) is 11.5. The summed E-state index contributed by atoms with van der Waals surface area (Å²) in [5.41, 5.74) is 2.93. The number of carbonyl (C=O) groups excluding carboxylic acids is 2. The van der Waals surface area contributed by atoms with Gasteiger partial charge in [-0.2, -0.15) is 0 Å². The molecule has 1 heterocycles. The van der Waals surface area contributed by atoms with Gasteiger partial charge in [-0.3, -0.25) is 9.59 Å². The number of anilines is 2. The van der Waals surface area contributed by atoms with Gasteiger partial charge < -0.3 is 15.4 Å². The van der Waals surface area contributed by atoms with Gasteiger partial charge in [0.05, 0.1) is 12.2 Å². The number of hydrogen-bond donors (Lipinski definition) is 2. The molecule has 0 bridgehead atoms. The molecule has 0 unspecified atom stereocenters. The second-order valence-corrected chi connectivity index (χ2v) is 8.67. The van der Waals surface area contributed by atoms with Crippen LogP contribution in [0.1, 0.15) is 57.3 Å². The lowest BCUT2D eigenvalue weighted by Crippen LogP contribution is -2.18. The van der Waals surface area contributed by atoms with Gasteiger partial charge in [-0.05, 0) is 74.1 Å². The zero-order valence-corrected chi connectivity index (χ0v) is 18.4. The molecule has 0 spiro atoms. The largest absolute Gasteiger partial charge is 0.494 e. The normalized spacial score (nSPS) is 12.7. The number of fused-ring (bicyclic) bond motifs is 1. The SMILES string of the molecule is CCCOc1ccc(NC(=O)c2c(NC(=O)c3ccccc3)sc3c2CCCC3)cc1. The minimum absolute atomic E-state index is 0.190. The van der Waals surface area contributed by atoms with E-state index in [0.29, 0.717) is 28.4 Å². The average molecular weight is 435 g/mol. The van der Waals surface area contributed by atoms with Crippen molar-refractivity contribution in [1.82, 2.24) is 0 Å². The van der Waals surface area contributed by atoms with Gasteiger partial charge in [-0.15, -0.1) is 11.3 Å². The van der Waals surface area contributed by atoms with Crippen molar-refractivity contribution in [2.75, 3.05) is 17.2 Å². The van der Waals surface area contributed by atoms with Crippen LogP contribution in [0.25, 0.3) is 0 Å². The molecule has 160 valence electrons. The van der Waals surface area contributed by atoms with Crippen LogP contribution in [0.15, 0.2) is 54.6 Å². The van der Waals surface area contributed by atoms with E-state index in [9.17, 15) is 9.59 Å². The maximum absolute atomic E-state index is 13.3. The number of nitrogens with one attached hydrogen (secondary N) is 2. The highest BCUT2D eigenvalue weighted by Gasteiger charge is 2.26. The molecule has 0 saturated carbocycles. The maximum Gasteiger partial charge on any atom is 0.258 e. The quantitative estimate of drug-likeness (QED) is 0.485. The van der Waals surface area contributed by atoms with Crippen molar-refractivity contribution in [3.63, 3.8) is 0 Å². The number of thiophene rings is 1. The van der Waals surface area contributed by atoms with Gasteiger partial charge in [0.25, 0.3) is 11.8 Å². The second-order valence-electron chi connectivity index (χ2n) is 7.56. The summed E-state index contributed by atoms with van der Waals surface area (Å²) in [6.07, 6.45) is 4.92. The fourth-order valence-electron chi connectivity index (χ4n) is 3.71. The van der Waals surface area contributed by atoms with E-state index in [4.69, 9.17) is 4.74 Å². The van der Waals surface area contributed by atoms with Gasteiger partial charge in [0.2, 0.25) is 0 Å². The van der Waals surface area contributed by atoms with Crippen LogP contribution in [0.3, 0.4) is 0 Å². The van der Waals surface area contributed by atoms with Crippen molar-refractivity contribution in [1.29, 1.82) is 0 Å². The van der Waals surface area contributed by atoms with Gasteiger partial charge in [-0.1, -0.05) is 25.1 Å². The van der Waals surface area contributed by atoms with Crippen molar-refractivity contribution in [2.45, 2.75) is 39.0 Å². The molecule has 0 saturated heterocycles. The molecule has 0 fully saturated rings. The van der Waals surface area contributed by atoms with Crippen molar-refractivity contribution >= 4 is 33.8 Å². The number of carbonyl (C=O) groups is 2. The second kappa shape index (κ2) is 9.79. The third kappa shape index (κ3) is 4.97. The zero-order valence-electron chi connectivity index (χ0n) is 17.6. The highest BCUT2D eigenvalue weighted by molar-refractivity contribution is 7.17. The number of ether oxygens (including phenoxy) is 1. The maximum atomic E-state index is 13.3. The summed E-state index contributed by atoms with van der Waals surface area (Å²) in [5.74, 6) is 0.388. The Morgan fingerprint density at radius 2 is 1.68 bits per heavy atom. The van der Waals surface area contributed by atoms with Crippen molar-refractivity contribution < 1.29 is 14.3 Å². The lowest BCUT2D eigenvalue weighted by molar-refractivity contribution is 0.102. The van der Waals surface area contributed by atoms with E-state index in [1.165, 1.54) is 16.2 Å². The summed E-state index contributed by atoms with van der Waals surface area (Å²) < 4.78 is 5.61. The first-order valence-electron chi connectivity index (χ1n) is 10.7. The Morgan fingerprint density at radius 3 is 2.42 bits per heavy atom. The minimum atomic E-state index is -0.203. The standard InChI is InChI=1S/C25H26N2O3S/c1-2-16-30-19-14-12-18(13-15-19)26-24(29)22-20-10-6-7-11-21(20)31-25(22)27-23(28)17-8-4-3-5-9-17/h3-5,8-9,12-15H,2,6-7,10-11,16H2,1H3,(H,26,29)(H,27,28). The van der Waals surface area contributed by atoms with Gasteiger partial charge in [0, 0.05) is 16.1 Å². The Labute approximate surface area is 186 Å². The molecule has 5 nitrogen and oxygen atoms in total.